The average molecular weight is 239 g/mol. The van der Waals surface area contributed by atoms with Gasteiger partial charge in [-0.3, -0.25) is 0 Å². The van der Waals surface area contributed by atoms with E-state index in [2.05, 4.69) is 13.0 Å². The molecule has 1 aromatic carbocycles. The lowest BCUT2D eigenvalue weighted by Crippen LogP contribution is -2.20. The SMILES string of the molecule is CCCCC(O)CC(F)COc1cc[c]cc1. The van der Waals surface area contributed by atoms with Gasteiger partial charge >= 0.3 is 0 Å². The first kappa shape index (κ1) is 14.0. The zero-order chi connectivity index (χ0) is 12.5. The third-order valence-corrected chi connectivity index (χ3v) is 2.54. The fraction of sp³-hybridized carbons (Fsp3) is 0.571. The van der Waals surface area contributed by atoms with Crippen LogP contribution in [0.5, 0.6) is 5.75 Å². The number of hydrogen-bond acceptors (Lipinski definition) is 2. The molecule has 1 N–H and O–H groups in total. The van der Waals surface area contributed by atoms with Gasteiger partial charge in [0, 0.05) is 6.42 Å². The van der Waals surface area contributed by atoms with Crippen molar-refractivity contribution in [1.82, 2.24) is 0 Å². The maximum atomic E-state index is 13.5. The smallest absolute Gasteiger partial charge is 0.136 e. The molecule has 0 saturated heterocycles. The number of benzene rings is 1. The number of ether oxygens (including phenoxy) is 1. The molecule has 0 saturated carbocycles. The van der Waals surface area contributed by atoms with E-state index in [1.54, 1.807) is 24.3 Å². The lowest BCUT2D eigenvalue weighted by atomic mass is 10.1. The molecule has 1 radical (unpaired) electrons. The van der Waals surface area contributed by atoms with E-state index in [-0.39, 0.29) is 13.0 Å². The van der Waals surface area contributed by atoms with Gasteiger partial charge in [-0.05, 0) is 24.6 Å². The molecule has 2 nitrogen and oxygen atoms in total. The Morgan fingerprint density at radius 3 is 2.76 bits per heavy atom. The molecule has 2 unspecified atom stereocenters. The first-order chi connectivity index (χ1) is 8.22. The Morgan fingerprint density at radius 2 is 2.12 bits per heavy atom. The van der Waals surface area contributed by atoms with Crippen molar-refractivity contribution in [2.75, 3.05) is 6.61 Å². The van der Waals surface area contributed by atoms with Crippen molar-refractivity contribution in [3.63, 3.8) is 0 Å². The minimum absolute atomic E-state index is 0.00675. The molecular weight excluding hydrogens is 219 g/mol. The molecule has 0 amide bonds. The van der Waals surface area contributed by atoms with E-state index in [0.717, 1.165) is 12.8 Å². The first-order valence-electron chi connectivity index (χ1n) is 6.13. The Hall–Kier alpha value is -1.09. The van der Waals surface area contributed by atoms with E-state index in [0.29, 0.717) is 12.2 Å². The highest BCUT2D eigenvalue weighted by Crippen LogP contribution is 2.13. The topological polar surface area (TPSA) is 29.5 Å². The molecule has 95 valence electrons. The summed E-state index contributed by atoms with van der Waals surface area (Å²) in [5.41, 5.74) is 0. The highest BCUT2D eigenvalue weighted by atomic mass is 19.1. The predicted octanol–water partition coefficient (Wildman–Crippen LogP) is 3.14. The van der Waals surface area contributed by atoms with Gasteiger partial charge < -0.3 is 9.84 Å². The fourth-order valence-corrected chi connectivity index (χ4v) is 1.58. The van der Waals surface area contributed by atoms with Gasteiger partial charge in [-0.1, -0.05) is 31.9 Å². The summed E-state index contributed by atoms with van der Waals surface area (Å²) in [5.74, 6) is 0.634. The zero-order valence-corrected chi connectivity index (χ0v) is 10.2. The highest BCUT2D eigenvalue weighted by molar-refractivity contribution is 5.20. The average Bonchev–Trinajstić information content (AvgIpc) is 2.35. The molecular formula is C14H20FO2. The van der Waals surface area contributed by atoms with Crippen molar-refractivity contribution in [3.8, 4) is 5.75 Å². The number of aliphatic hydroxyl groups excluding tert-OH is 1. The molecule has 1 aromatic rings. The van der Waals surface area contributed by atoms with Gasteiger partial charge in [-0.2, -0.15) is 0 Å². The number of hydrogen-bond donors (Lipinski definition) is 1. The van der Waals surface area contributed by atoms with Crippen LogP contribution >= 0.6 is 0 Å². The summed E-state index contributed by atoms with van der Waals surface area (Å²) in [4.78, 5) is 0. The fourth-order valence-electron chi connectivity index (χ4n) is 1.58. The largest absolute Gasteiger partial charge is 0.491 e. The number of rotatable bonds is 8. The Bertz CT molecular complexity index is 290. The molecule has 0 aliphatic rings. The first-order valence-corrected chi connectivity index (χ1v) is 6.13. The lowest BCUT2D eigenvalue weighted by molar-refractivity contribution is 0.0928. The van der Waals surface area contributed by atoms with Crippen LogP contribution in [-0.4, -0.2) is 24.0 Å². The summed E-state index contributed by atoms with van der Waals surface area (Å²) in [7, 11) is 0. The van der Waals surface area contributed by atoms with Crippen LogP contribution < -0.4 is 4.74 Å². The minimum Gasteiger partial charge on any atom is -0.491 e. The zero-order valence-electron chi connectivity index (χ0n) is 10.2. The second-order valence-electron chi connectivity index (χ2n) is 4.18. The Morgan fingerprint density at radius 1 is 1.41 bits per heavy atom. The maximum Gasteiger partial charge on any atom is 0.136 e. The molecule has 0 aromatic heterocycles. The van der Waals surface area contributed by atoms with E-state index in [4.69, 9.17) is 4.74 Å². The molecule has 17 heavy (non-hydrogen) atoms. The van der Waals surface area contributed by atoms with Crippen molar-refractivity contribution < 1.29 is 14.2 Å². The van der Waals surface area contributed by atoms with Crippen molar-refractivity contribution in [2.24, 2.45) is 0 Å². The lowest BCUT2D eigenvalue weighted by Gasteiger charge is -2.14. The molecule has 1 rings (SSSR count). The number of unbranched alkanes of at least 4 members (excludes halogenated alkanes) is 1. The van der Waals surface area contributed by atoms with Gasteiger partial charge in [0.1, 0.15) is 18.5 Å². The van der Waals surface area contributed by atoms with Crippen LogP contribution in [0.2, 0.25) is 0 Å². The van der Waals surface area contributed by atoms with Crippen molar-refractivity contribution in [3.05, 3.63) is 30.3 Å². The standard InChI is InChI=1S/C14H20FO2/c1-2-3-7-13(16)10-12(15)11-17-14-8-5-4-6-9-14/h5-6,8-9,12-13,16H,2-3,7,10-11H2,1H3. The van der Waals surface area contributed by atoms with E-state index in [1.165, 1.54) is 0 Å². The predicted molar refractivity (Wildman–Crippen MR) is 65.8 cm³/mol. The molecule has 3 heteroatoms. The maximum absolute atomic E-state index is 13.5. The summed E-state index contributed by atoms with van der Waals surface area (Å²) < 4.78 is 18.7. The molecule has 0 fully saturated rings. The second-order valence-corrected chi connectivity index (χ2v) is 4.18. The summed E-state index contributed by atoms with van der Waals surface area (Å²) in [5, 5.41) is 9.55. The van der Waals surface area contributed by atoms with Crippen molar-refractivity contribution in [2.45, 2.75) is 44.9 Å². The van der Waals surface area contributed by atoms with Gasteiger partial charge in [0.15, 0.2) is 0 Å². The summed E-state index contributed by atoms with van der Waals surface area (Å²) in [6.07, 6.45) is 1.09. The van der Waals surface area contributed by atoms with E-state index >= 15 is 0 Å². The summed E-state index contributed by atoms with van der Waals surface area (Å²) in [6, 6.07) is 9.78. The molecule has 0 spiro atoms. The van der Waals surface area contributed by atoms with Crippen LogP contribution in [0.4, 0.5) is 4.39 Å². The van der Waals surface area contributed by atoms with E-state index in [9.17, 15) is 9.50 Å². The van der Waals surface area contributed by atoms with Crippen LogP contribution in [0, 0.1) is 6.07 Å². The number of alkyl halides is 1. The van der Waals surface area contributed by atoms with Crippen molar-refractivity contribution >= 4 is 0 Å². The minimum atomic E-state index is -1.12. The van der Waals surface area contributed by atoms with Crippen LogP contribution in [0.25, 0.3) is 0 Å². The van der Waals surface area contributed by atoms with Crippen molar-refractivity contribution in [1.29, 1.82) is 0 Å². The number of halogens is 1. The summed E-state index contributed by atoms with van der Waals surface area (Å²) >= 11 is 0. The second kappa shape index (κ2) is 8.07. The highest BCUT2D eigenvalue weighted by Gasteiger charge is 2.13. The Kier molecular flexibility index (Phi) is 6.63. The third-order valence-electron chi connectivity index (χ3n) is 2.54. The third kappa shape index (κ3) is 6.27. The molecule has 0 aliphatic carbocycles. The monoisotopic (exact) mass is 239 g/mol. The molecule has 0 aliphatic heterocycles. The Labute approximate surface area is 102 Å². The van der Waals surface area contributed by atoms with Crippen LogP contribution in [0.3, 0.4) is 0 Å². The van der Waals surface area contributed by atoms with Crippen LogP contribution in [-0.2, 0) is 0 Å². The van der Waals surface area contributed by atoms with Crippen LogP contribution in [0.1, 0.15) is 32.6 Å². The molecule has 2 atom stereocenters. The number of aliphatic hydroxyl groups is 1. The van der Waals surface area contributed by atoms with Gasteiger partial charge in [-0.15, -0.1) is 0 Å². The normalized spacial score (nSPS) is 14.3. The summed E-state index contributed by atoms with van der Waals surface area (Å²) in [6.45, 7) is 2.04. The van der Waals surface area contributed by atoms with Crippen LogP contribution in [0.15, 0.2) is 24.3 Å². The quantitative estimate of drug-likeness (QED) is 0.755. The van der Waals surface area contributed by atoms with Gasteiger partial charge in [-0.25, -0.2) is 4.39 Å². The van der Waals surface area contributed by atoms with E-state index < -0.39 is 12.3 Å². The molecule has 0 heterocycles. The van der Waals surface area contributed by atoms with Gasteiger partial charge in [0.05, 0.1) is 6.10 Å². The van der Waals surface area contributed by atoms with E-state index in [1.807, 2.05) is 0 Å². The molecule has 0 bridgehead atoms. The van der Waals surface area contributed by atoms with Gasteiger partial charge in [0.25, 0.3) is 0 Å². The Balaban J connectivity index is 2.19. The van der Waals surface area contributed by atoms with Gasteiger partial charge in [0.2, 0.25) is 0 Å².